The Morgan fingerprint density at radius 2 is 1.16 bits per heavy atom. The van der Waals surface area contributed by atoms with Crippen molar-refractivity contribution < 1.29 is 99.6 Å². The molecule has 2 aromatic heterocycles. The van der Waals surface area contributed by atoms with Gasteiger partial charge in [-0.3, -0.25) is 29.1 Å². The largest absolute Gasteiger partial charge is 1.00 e. The summed E-state index contributed by atoms with van der Waals surface area (Å²) >= 11 is 17.9. The molecule has 18 heteroatoms. The molecular weight excluding hydrogens is 933 g/mol. The molecule has 0 aliphatic rings. The van der Waals surface area contributed by atoms with E-state index in [0.717, 1.165) is 28.7 Å². The van der Waals surface area contributed by atoms with Gasteiger partial charge in [0.15, 0.2) is 0 Å². The van der Waals surface area contributed by atoms with Crippen LogP contribution in [0, 0.1) is 0 Å². The topological polar surface area (TPSA) is 200 Å². The molecule has 2 heterocycles. The van der Waals surface area contributed by atoms with Gasteiger partial charge >= 0.3 is 51.4 Å². The van der Waals surface area contributed by atoms with E-state index in [-0.39, 0.29) is 111 Å². The van der Waals surface area contributed by atoms with Crippen molar-refractivity contribution in [1.82, 2.24) is 20.6 Å². The minimum Gasteiger partial charge on any atom is -1.00 e. The zero-order valence-corrected chi connectivity index (χ0v) is 38.9. The molecule has 0 spiro atoms. The maximum Gasteiger partial charge on any atom is 1.00 e. The van der Waals surface area contributed by atoms with Gasteiger partial charge < -0.3 is 61.4 Å². The number of aliphatic hydroxyl groups excluding tert-OH is 1. The van der Waals surface area contributed by atoms with Crippen LogP contribution in [0.15, 0.2) is 110 Å². The second kappa shape index (κ2) is 27.1. The Morgan fingerprint density at radius 3 is 1.63 bits per heavy atom. The number of benzene rings is 4. The first-order valence-electron chi connectivity index (χ1n) is 16.3. The third-order valence-electron chi connectivity index (χ3n) is 7.36. The molecule has 6 aromatic rings. The van der Waals surface area contributed by atoms with Gasteiger partial charge in [-0.2, -0.15) is 0 Å². The van der Waals surface area contributed by atoms with Crippen molar-refractivity contribution in [3.05, 3.63) is 131 Å². The normalized spacial score (nSPS) is 9.53. The molecule has 0 bridgehead atoms. The number of pyridine rings is 2. The standard InChI is InChI=1S/C19H17ClN4O2.C11H8Cl2N2O.C8H10N2O.CH4O.HI.K/c1-21-19(26)12-3-2-4-14(9-12)23-11-17(25)24-16-6-5-13-10-22-8-7-15(13)18(16)20;12-5-10(16)15-9-2-1-7-6-14-4-3-8(7)11(9)13;1-10-8(11)6-3-2-4-7(9)5-6;1-2;;/h2-10,23H,11H2,1H3,(H,21,26)(H,24,25);1-4,6H,5H2,(H,15,16);2-5H,9H2,1H3,(H,10,11);2H,1H3;1H;/q;;;;;+1/p-1. The number of halogens is 4. The van der Waals surface area contributed by atoms with Crippen molar-refractivity contribution in [2.75, 3.05) is 55.3 Å². The molecule has 0 aliphatic carbocycles. The summed E-state index contributed by atoms with van der Waals surface area (Å²) in [5.74, 6) is -0.916. The van der Waals surface area contributed by atoms with E-state index in [4.69, 9.17) is 45.6 Å². The van der Waals surface area contributed by atoms with Crippen LogP contribution in [0.2, 0.25) is 10.0 Å². The quantitative estimate of drug-likeness (QED) is 0.0495. The van der Waals surface area contributed by atoms with Crippen LogP contribution in [-0.2, 0) is 9.59 Å². The Kier molecular flexibility index (Phi) is 24.5. The van der Waals surface area contributed by atoms with Crippen LogP contribution in [0.3, 0.4) is 0 Å². The van der Waals surface area contributed by atoms with Crippen molar-refractivity contribution >= 4 is 103 Å². The molecule has 0 atom stereocenters. The maximum atomic E-state index is 12.2. The zero-order chi connectivity index (χ0) is 40.3. The second-order valence-corrected chi connectivity index (χ2v) is 12.0. The number of carbonyl (C=O) groups is 4. The fraction of sp³-hybridized carbons (Fsp3) is 0.128. The van der Waals surface area contributed by atoms with E-state index in [0.29, 0.717) is 43.9 Å². The third-order valence-corrected chi connectivity index (χ3v) is 8.42. The first kappa shape index (κ1) is 51.4. The molecule has 57 heavy (non-hydrogen) atoms. The molecule has 0 saturated heterocycles. The van der Waals surface area contributed by atoms with Gasteiger partial charge in [0.25, 0.3) is 11.8 Å². The third kappa shape index (κ3) is 15.9. The van der Waals surface area contributed by atoms with Crippen LogP contribution in [0.25, 0.3) is 21.5 Å². The van der Waals surface area contributed by atoms with E-state index in [1.54, 1.807) is 112 Å². The molecule has 6 rings (SSSR count). The van der Waals surface area contributed by atoms with Gasteiger partial charge in [-0.1, -0.05) is 47.5 Å². The molecule has 294 valence electrons. The molecule has 0 aliphatic heterocycles. The molecule has 13 nitrogen and oxygen atoms in total. The van der Waals surface area contributed by atoms with Crippen LogP contribution in [0.5, 0.6) is 0 Å². The minimum atomic E-state index is -0.281. The molecule has 0 fully saturated rings. The number of aliphatic hydroxyl groups is 1. The van der Waals surface area contributed by atoms with Gasteiger partial charge in [0.2, 0.25) is 11.8 Å². The number of nitrogen functional groups attached to an aromatic ring is 1. The summed E-state index contributed by atoms with van der Waals surface area (Å²) in [7, 11) is 4.16. The average Bonchev–Trinajstić information content (AvgIpc) is 3.23. The number of alkyl halides is 1. The number of nitrogens with zero attached hydrogens (tertiary/aromatic N) is 2. The molecule has 8 N–H and O–H groups in total. The summed E-state index contributed by atoms with van der Waals surface area (Å²) in [4.78, 5) is 54.1. The van der Waals surface area contributed by atoms with E-state index in [2.05, 4.69) is 36.6 Å². The number of amides is 4. The predicted octanol–water partition coefficient (Wildman–Crippen LogP) is 0.609. The number of anilines is 4. The second-order valence-electron chi connectivity index (χ2n) is 11.0. The SMILES string of the molecule is CNC(=O)c1cccc(N)c1.CNC(=O)c1cccc(NCC(=O)Nc2ccc3cnccc3c2Cl)c1.CO.O=C(CCl)Nc1ccc2cnccc2c1Cl.[I-].[K+]. The number of carbonyl (C=O) groups excluding carboxylic acids is 4. The van der Waals surface area contributed by atoms with Crippen LogP contribution in [0.4, 0.5) is 22.7 Å². The van der Waals surface area contributed by atoms with Crippen molar-refractivity contribution in [3.8, 4) is 0 Å². The number of nitrogens with two attached hydrogens (primary N) is 1. The van der Waals surface area contributed by atoms with Gasteiger partial charge in [-0.05, 0) is 60.7 Å². The molecule has 4 amide bonds. The van der Waals surface area contributed by atoms with Gasteiger partial charge in [0, 0.05) is 90.0 Å². The minimum absolute atomic E-state index is 0. The van der Waals surface area contributed by atoms with Crippen molar-refractivity contribution in [3.63, 3.8) is 0 Å². The number of hydrogen-bond acceptors (Lipinski definition) is 9. The van der Waals surface area contributed by atoms with Crippen LogP contribution in [0.1, 0.15) is 20.7 Å². The maximum absolute atomic E-state index is 12.2. The van der Waals surface area contributed by atoms with Gasteiger partial charge in [0.05, 0.1) is 28.0 Å². The van der Waals surface area contributed by atoms with Crippen LogP contribution < -0.4 is 108 Å². The van der Waals surface area contributed by atoms with Crippen LogP contribution >= 0.6 is 34.8 Å². The Balaban J connectivity index is 0.000000449. The van der Waals surface area contributed by atoms with Crippen molar-refractivity contribution in [2.45, 2.75) is 0 Å². The molecular formula is C39H39Cl3IKN8O5. The van der Waals surface area contributed by atoms with Crippen molar-refractivity contribution in [1.29, 1.82) is 0 Å². The number of hydrogen-bond donors (Lipinski definition) is 7. The molecule has 0 saturated carbocycles. The predicted molar refractivity (Wildman–Crippen MR) is 222 cm³/mol. The fourth-order valence-electron chi connectivity index (χ4n) is 4.75. The summed E-state index contributed by atoms with van der Waals surface area (Å²) < 4.78 is 0. The Hall–Kier alpha value is -3.62. The Labute approximate surface area is 404 Å². The smallest absolute Gasteiger partial charge is 1.00 e. The van der Waals surface area contributed by atoms with E-state index >= 15 is 0 Å². The summed E-state index contributed by atoms with van der Waals surface area (Å²) in [6.07, 6.45) is 6.74. The summed E-state index contributed by atoms with van der Waals surface area (Å²) in [6, 6.07) is 24.5. The van der Waals surface area contributed by atoms with Gasteiger partial charge in [0.1, 0.15) is 5.88 Å². The molecule has 4 aromatic carbocycles. The van der Waals surface area contributed by atoms with Gasteiger partial charge in [-0.15, -0.1) is 11.6 Å². The average molecular weight is 972 g/mol. The van der Waals surface area contributed by atoms with Crippen molar-refractivity contribution in [2.24, 2.45) is 0 Å². The monoisotopic (exact) mass is 970 g/mol. The van der Waals surface area contributed by atoms with E-state index < -0.39 is 0 Å². The molecule has 0 radical (unpaired) electrons. The van der Waals surface area contributed by atoms with Gasteiger partial charge in [-0.25, -0.2) is 0 Å². The van der Waals surface area contributed by atoms with Crippen LogP contribution in [-0.4, -0.2) is 72.3 Å². The number of nitrogens with one attached hydrogen (secondary N) is 5. The first-order valence-corrected chi connectivity index (χ1v) is 17.6. The summed E-state index contributed by atoms with van der Waals surface area (Å²) in [5.41, 5.74) is 8.96. The molecule has 0 unspecified atom stereocenters. The summed E-state index contributed by atoms with van der Waals surface area (Å²) in [6.45, 7) is 0.0436. The van der Waals surface area contributed by atoms with E-state index in [1.807, 2.05) is 12.1 Å². The van der Waals surface area contributed by atoms with E-state index in [9.17, 15) is 19.2 Å². The first-order chi connectivity index (χ1) is 26.5. The number of rotatable bonds is 8. The number of aromatic nitrogens is 2. The zero-order valence-electron chi connectivity index (χ0n) is 31.4. The Morgan fingerprint density at radius 1 is 0.684 bits per heavy atom. The fourth-order valence-corrected chi connectivity index (χ4v) is 5.39. The van der Waals surface area contributed by atoms with E-state index in [1.165, 1.54) is 0 Å². The Bertz CT molecular complexity index is 2270. The number of fused-ring (bicyclic) bond motifs is 2. The summed E-state index contributed by atoms with van der Waals surface area (Å²) in [5, 5.41) is 25.0.